The van der Waals surface area contributed by atoms with Gasteiger partial charge in [-0.15, -0.1) is 0 Å². The first-order valence-electron chi connectivity index (χ1n) is 10.8. The number of benzene rings is 3. The number of nitrogens with zero attached hydrogens (tertiary/aromatic N) is 3. The number of methoxy groups -OCH3 is 2. The van der Waals surface area contributed by atoms with Crippen molar-refractivity contribution in [3.63, 3.8) is 0 Å². The normalized spacial score (nSPS) is 18.2. The third kappa shape index (κ3) is 3.20. The van der Waals surface area contributed by atoms with Gasteiger partial charge in [-0.3, -0.25) is 0 Å². The smallest absolute Gasteiger partial charge is 0.226 e. The number of ether oxygens (including phenoxy) is 3. The van der Waals surface area contributed by atoms with Gasteiger partial charge in [-0.25, -0.2) is 4.68 Å². The molecule has 0 radical (unpaired) electrons. The SMILES string of the molecule is COc1ccc([C@@H]2C3=C(Nc4ncnn42)c2ccccc2O[C@H]3c2cccc(Cl)c2)cc1OC. The van der Waals surface area contributed by atoms with Crippen LogP contribution in [-0.4, -0.2) is 29.0 Å². The third-order valence-corrected chi connectivity index (χ3v) is 6.43. The minimum atomic E-state index is -0.397. The summed E-state index contributed by atoms with van der Waals surface area (Å²) < 4.78 is 19.6. The number of para-hydroxylation sites is 1. The maximum Gasteiger partial charge on any atom is 0.226 e. The van der Waals surface area contributed by atoms with Crippen LogP contribution in [0.5, 0.6) is 17.2 Å². The Morgan fingerprint density at radius 3 is 2.62 bits per heavy atom. The lowest BCUT2D eigenvalue weighted by molar-refractivity contribution is 0.223. The van der Waals surface area contributed by atoms with Crippen molar-refractivity contribution >= 4 is 23.2 Å². The molecular weight excluding hydrogens is 452 g/mol. The molecule has 1 aromatic heterocycles. The maximum atomic E-state index is 6.61. The molecule has 6 rings (SSSR count). The van der Waals surface area contributed by atoms with Gasteiger partial charge in [-0.1, -0.05) is 41.9 Å². The fourth-order valence-corrected chi connectivity index (χ4v) is 4.90. The topological polar surface area (TPSA) is 70.4 Å². The monoisotopic (exact) mass is 472 g/mol. The van der Waals surface area contributed by atoms with Gasteiger partial charge in [0.05, 0.1) is 19.9 Å². The number of halogens is 1. The second-order valence-electron chi connectivity index (χ2n) is 8.05. The van der Waals surface area contributed by atoms with Crippen molar-refractivity contribution in [3.8, 4) is 17.2 Å². The lowest BCUT2D eigenvalue weighted by Crippen LogP contribution is -2.32. The Labute approximate surface area is 201 Å². The van der Waals surface area contributed by atoms with Crippen LogP contribution < -0.4 is 19.5 Å². The number of hydrogen-bond donors (Lipinski definition) is 1. The van der Waals surface area contributed by atoms with Gasteiger partial charge in [0.1, 0.15) is 24.2 Å². The van der Waals surface area contributed by atoms with Crippen LogP contribution in [-0.2, 0) is 0 Å². The van der Waals surface area contributed by atoms with E-state index >= 15 is 0 Å². The summed E-state index contributed by atoms with van der Waals surface area (Å²) in [7, 11) is 3.25. The van der Waals surface area contributed by atoms with Gasteiger partial charge >= 0.3 is 0 Å². The molecule has 34 heavy (non-hydrogen) atoms. The Morgan fingerprint density at radius 1 is 0.941 bits per heavy atom. The highest BCUT2D eigenvalue weighted by Gasteiger charge is 2.41. The summed E-state index contributed by atoms with van der Waals surface area (Å²) >= 11 is 6.38. The third-order valence-electron chi connectivity index (χ3n) is 6.20. The molecule has 0 spiro atoms. The number of nitrogens with one attached hydrogen (secondary N) is 1. The molecule has 0 unspecified atom stereocenters. The van der Waals surface area contributed by atoms with Crippen LogP contribution in [0.25, 0.3) is 5.70 Å². The highest BCUT2D eigenvalue weighted by atomic mass is 35.5. The molecule has 8 heteroatoms. The lowest BCUT2D eigenvalue weighted by atomic mass is 9.84. The molecule has 2 atom stereocenters. The van der Waals surface area contributed by atoms with Crippen LogP contribution in [0.4, 0.5) is 5.95 Å². The van der Waals surface area contributed by atoms with Crippen LogP contribution >= 0.6 is 11.6 Å². The van der Waals surface area contributed by atoms with Gasteiger partial charge in [-0.05, 0) is 47.5 Å². The fourth-order valence-electron chi connectivity index (χ4n) is 4.71. The predicted octanol–water partition coefficient (Wildman–Crippen LogP) is 5.51. The fraction of sp³-hybridized carbons (Fsp3) is 0.154. The van der Waals surface area contributed by atoms with Gasteiger partial charge in [-0.2, -0.15) is 10.1 Å². The molecule has 1 N–H and O–H groups in total. The highest BCUT2D eigenvalue weighted by molar-refractivity contribution is 6.30. The Hall–Kier alpha value is -3.97. The zero-order chi connectivity index (χ0) is 23.2. The van der Waals surface area contributed by atoms with E-state index in [1.165, 1.54) is 0 Å². The van der Waals surface area contributed by atoms with Crippen molar-refractivity contribution in [2.75, 3.05) is 19.5 Å². The van der Waals surface area contributed by atoms with E-state index in [9.17, 15) is 0 Å². The van der Waals surface area contributed by atoms with E-state index in [2.05, 4.69) is 15.4 Å². The summed E-state index contributed by atoms with van der Waals surface area (Å²) in [5.74, 6) is 2.74. The molecule has 170 valence electrons. The molecule has 7 nitrogen and oxygen atoms in total. The summed E-state index contributed by atoms with van der Waals surface area (Å²) in [5.41, 5.74) is 4.84. The van der Waals surface area contributed by atoms with Crippen molar-refractivity contribution in [2.24, 2.45) is 0 Å². The van der Waals surface area contributed by atoms with E-state index in [0.717, 1.165) is 33.7 Å². The molecule has 2 aliphatic rings. The largest absolute Gasteiger partial charge is 0.493 e. The Morgan fingerprint density at radius 2 is 1.79 bits per heavy atom. The predicted molar refractivity (Wildman–Crippen MR) is 130 cm³/mol. The van der Waals surface area contributed by atoms with E-state index in [1.54, 1.807) is 20.5 Å². The summed E-state index contributed by atoms with van der Waals surface area (Å²) in [4.78, 5) is 4.47. The average molecular weight is 473 g/mol. The van der Waals surface area contributed by atoms with Gasteiger partial charge in [0.2, 0.25) is 5.95 Å². The van der Waals surface area contributed by atoms with Crippen molar-refractivity contribution in [1.82, 2.24) is 14.8 Å². The number of aromatic nitrogens is 3. The van der Waals surface area contributed by atoms with Crippen LogP contribution in [0.1, 0.15) is 28.8 Å². The zero-order valence-corrected chi connectivity index (χ0v) is 19.3. The van der Waals surface area contributed by atoms with Gasteiger partial charge in [0.25, 0.3) is 0 Å². The van der Waals surface area contributed by atoms with E-state index in [-0.39, 0.29) is 6.04 Å². The molecular formula is C26H21ClN4O3. The van der Waals surface area contributed by atoms with E-state index in [4.69, 9.17) is 25.8 Å². The molecule has 0 aliphatic carbocycles. The molecule has 0 saturated carbocycles. The maximum absolute atomic E-state index is 6.61. The molecule has 4 aromatic rings. The van der Waals surface area contributed by atoms with Crippen LogP contribution in [0, 0.1) is 0 Å². The van der Waals surface area contributed by atoms with Crippen molar-refractivity contribution in [3.05, 3.63) is 100 Å². The number of fused-ring (bicyclic) bond motifs is 3. The second kappa shape index (κ2) is 8.11. The molecule has 0 saturated heterocycles. The van der Waals surface area contributed by atoms with Gasteiger partial charge in [0.15, 0.2) is 11.5 Å². The van der Waals surface area contributed by atoms with Gasteiger partial charge < -0.3 is 19.5 Å². The Balaban J connectivity index is 1.62. The minimum absolute atomic E-state index is 0.300. The summed E-state index contributed by atoms with van der Waals surface area (Å²) in [6, 6.07) is 21.3. The first-order valence-corrected chi connectivity index (χ1v) is 11.2. The van der Waals surface area contributed by atoms with E-state index in [0.29, 0.717) is 22.5 Å². The molecule has 0 amide bonds. The number of rotatable bonds is 4. The summed E-state index contributed by atoms with van der Waals surface area (Å²) in [6.07, 6.45) is 1.15. The molecule has 0 fully saturated rings. The van der Waals surface area contributed by atoms with Crippen molar-refractivity contribution in [2.45, 2.75) is 12.1 Å². The molecule has 3 heterocycles. The first-order chi connectivity index (χ1) is 16.7. The van der Waals surface area contributed by atoms with E-state index in [1.807, 2.05) is 71.4 Å². The van der Waals surface area contributed by atoms with Crippen LogP contribution in [0.15, 0.2) is 78.6 Å². The highest BCUT2D eigenvalue weighted by Crippen LogP contribution is 2.51. The van der Waals surface area contributed by atoms with Crippen LogP contribution in [0.3, 0.4) is 0 Å². The van der Waals surface area contributed by atoms with Gasteiger partial charge in [0, 0.05) is 16.2 Å². The number of anilines is 1. The summed E-state index contributed by atoms with van der Waals surface area (Å²) in [6.45, 7) is 0. The Kier molecular flexibility index (Phi) is 4.92. The molecule has 0 bridgehead atoms. The number of hydrogen-bond acceptors (Lipinski definition) is 6. The molecule has 3 aromatic carbocycles. The summed E-state index contributed by atoms with van der Waals surface area (Å²) in [5, 5.41) is 8.71. The first kappa shape index (κ1) is 20.6. The Bertz CT molecular complexity index is 1430. The van der Waals surface area contributed by atoms with Crippen molar-refractivity contribution in [1.29, 1.82) is 0 Å². The zero-order valence-electron chi connectivity index (χ0n) is 18.5. The average Bonchev–Trinajstić information content (AvgIpc) is 3.35. The standard InChI is InChI=1S/C26H21ClN4O3/c1-32-20-11-10-15(13-21(20)33-2)24-22-23(30-26-28-14-29-31(24)26)18-8-3-4-9-19(18)34-25(22)16-6-5-7-17(27)12-16/h3-14,24-25H,1-2H3,(H,28,29,30)/t24-,25+/m1/s1. The lowest BCUT2D eigenvalue weighted by Gasteiger charge is -2.39. The minimum Gasteiger partial charge on any atom is -0.493 e. The quantitative estimate of drug-likeness (QED) is 0.422. The molecule has 2 aliphatic heterocycles. The van der Waals surface area contributed by atoms with E-state index < -0.39 is 6.10 Å². The van der Waals surface area contributed by atoms with Crippen molar-refractivity contribution < 1.29 is 14.2 Å². The van der Waals surface area contributed by atoms with Crippen LogP contribution in [0.2, 0.25) is 5.02 Å². The second-order valence-corrected chi connectivity index (χ2v) is 8.49.